The van der Waals surface area contributed by atoms with E-state index >= 15 is 0 Å². The van der Waals surface area contributed by atoms with E-state index in [2.05, 4.69) is 12.2 Å². The molecule has 0 aromatic carbocycles. The summed E-state index contributed by atoms with van der Waals surface area (Å²) in [6.07, 6.45) is 5.30. The first kappa shape index (κ1) is 8.02. The molecule has 2 atom stereocenters. The Labute approximate surface area is 63.2 Å². The summed E-state index contributed by atoms with van der Waals surface area (Å²) in [6.45, 7) is 3.25. The van der Waals surface area contributed by atoms with E-state index in [1.165, 1.54) is 25.7 Å². The van der Waals surface area contributed by atoms with Crippen molar-refractivity contribution in [3.05, 3.63) is 0 Å². The van der Waals surface area contributed by atoms with Gasteiger partial charge in [0.15, 0.2) is 0 Å². The van der Waals surface area contributed by atoms with E-state index in [-0.39, 0.29) is 0 Å². The van der Waals surface area contributed by atoms with Crippen molar-refractivity contribution in [2.75, 3.05) is 6.54 Å². The Hall–Kier alpha value is -0.0800. The van der Waals surface area contributed by atoms with E-state index in [1.807, 2.05) is 0 Å². The highest BCUT2D eigenvalue weighted by Gasteiger charge is 2.14. The van der Waals surface area contributed by atoms with Gasteiger partial charge in [-0.05, 0) is 26.3 Å². The highest BCUT2D eigenvalue weighted by molar-refractivity contribution is 4.77. The molecule has 2 unspecified atom stereocenters. The van der Waals surface area contributed by atoms with Crippen molar-refractivity contribution in [2.24, 2.45) is 5.73 Å². The molecule has 0 spiro atoms. The summed E-state index contributed by atoms with van der Waals surface area (Å²) in [5.74, 6) is 0. The molecule has 0 aliphatic carbocycles. The molecule has 0 bridgehead atoms. The molecule has 2 heteroatoms. The predicted molar refractivity (Wildman–Crippen MR) is 43.9 cm³/mol. The van der Waals surface area contributed by atoms with Crippen LogP contribution in [0.5, 0.6) is 0 Å². The average Bonchev–Trinajstić information content (AvgIpc) is 2.12. The van der Waals surface area contributed by atoms with E-state index < -0.39 is 0 Å². The first-order valence-corrected chi connectivity index (χ1v) is 4.29. The standard InChI is InChI=1S/C8H18N2/c1-7(9)8-5-3-2-4-6-10-8/h7-8,10H,2-6,9H2,1H3. The van der Waals surface area contributed by atoms with Gasteiger partial charge >= 0.3 is 0 Å². The predicted octanol–water partition coefficient (Wildman–Crippen LogP) is 0.866. The second-order valence-electron chi connectivity index (χ2n) is 3.27. The zero-order chi connectivity index (χ0) is 7.40. The van der Waals surface area contributed by atoms with Crippen LogP contribution in [0.15, 0.2) is 0 Å². The fourth-order valence-electron chi connectivity index (χ4n) is 1.50. The lowest BCUT2D eigenvalue weighted by molar-refractivity contribution is 0.444. The minimum absolute atomic E-state index is 0.318. The summed E-state index contributed by atoms with van der Waals surface area (Å²) in [7, 11) is 0. The van der Waals surface area contributed by atoms with E-state index in [0.29, 0.717) is 12.1 Å². The van der Waals surface area contributed by atoms with Gasteiger partial charge < -0.3 is 11.1 Å². The lowest BCUT2D eigenvalue weighted by Crippen LogP contribution is -2.42. The van der Waals surface area contributed by atoms with Gasteiger partial charge in [-0.15, -0.1) is 0 Å². The van der Waals surface area contributed by atoms with Gasteiger partial charge in [0.05, 0.1) is 0 Å². The van der Waals surface area contributed by atoms with Crippen molar-refractivity contribution < 1.29 is 0 Å². The Bertz CT molecular complexity index is 83.3. The molecule has 1 saturated heterocycles. The third kappa shape index (κ3) is 2.27. The van der Waals surface area contributed by atoms with Crippen molar-refractivity contribution in [3.63, 3.8) is 0 Å². The summed E-state index contributed by atoms with van der Waals surface area (Å²) in [6, 6.07) is 0.889. The van der Waals surface area contributed by atoms with Crippen LogP contribution < -0.4 is 11.1 Å². The summed E-state index contributed by atoms with van der Waals surface area (Å²) in [5, 5.41) is 3.46. The highest BCUT2D eigenvalue weighted by atomic mass is 14.9. The monoisotopic (exact) mass is 142 g/mol. The van der Waals surface area contributed by atoms with Gasteiger partial charge in [-0.25, -0.2) is 0 Å². The number of rotatable bonds is 1. The van der Waals surface area contributed by atoms with Crippen LogP contribution in [0, 0.1) is 0 Å². The number of nitrogens with two attached hydrogens (primary N) is 1. The Balaban J connectivity index is 2.28. The Morgan fingerprint density at radius 1 is 1.40 bits per heavy atom. The van der Waals surface area contributed by atoms with Crippen LogP contribution in [0.1, 0.15) is 32.6 Å². The second kappa shape index (κ2) is 3.94. The lowest BCUT2D eigenvalue weighted by Gasteiger charge is -2.19. The van der Waals surface area contributed by atoms with Crippen LogP contribution in [0.4, 0.5) is 0 Å². The maximum absolute atomic E-state index is 5.77. The molecule has 60 valence electrons. The number of nitrogens with one attached hydrogen (secondary N) is 1. The van der Waals surface area contributed by atoms with Gasteiger partial charge in [0.1, 0.15) is 0 Å². The number of hydrogen-bond acceptors (Lipinski definition) is 2. The first-order valence-electron chi connectivity index (χ1n) is 4.29. The van der Waals surface area contributed by atoms with Gasteiger partial charge in [0.2, 0.25) is 0 Å². The summed E-state index contributed by atoms with van der Waals surface area (Å²) >= 11 is 0. The van der Waals surface area contributed by atoms with Crippen LogP contribution in [0.3, 0.4) is 0 Å². The molecule has 1 fully saturated rings. The molecule has 2 nitrogen and oxygen atoms in total. The van der Waals surface area contributed by atoms with Gasteiger partial charge in [-0.2, -0.15) is 0 Å². The smallest absolute Gasteiger partial charge is 0.0216 e. The van der Waals surface area contributed by atoms with Gasteiger partial charge in [0, 0.05) is 12.1 Å². The summed E-state index contributed by atoms with van der Waals surface area (Å²) in [4.78, 5) is 0. The molecule has 1 rings (SSSR count). The van der Waals surface area contributed by atoms with E-state index in [1.54, 1.807) is 0 Å². The molecule has 0 amide bonds. The van der Waals surface area contributed by atoms with Crippen molar-refractivity contribution in [2.45, 2.75) is 44.7 Å². The Kier molecular flexibility index (Phi) is 3.16. The molecule has 0 saturated carbocycles. The first-order chi connectivity index (χ1) is 4.80. The fourth-order valence-corrected chi connectivity index (χ4v) is 1.50. The third-order valence-corrected chi connectivity index (χ3v) is 2.23. The van der Waals surface area contributed by atoms with Crippen LogP contribution in [-0.4, -0.2) is 18.6 Å². The van der Waals surface area contributed by atoms with Crippen molar-refractivity contribution >= 4 is 0 Å². The molecular weight excluding hydrogens is 124 g/mol. The number of hydrogen-bond donors (Lipinski definition) is 2. The van der Waals surface area contributed by atoms with E-state index in [9.17, 15) is 0 Å². The van der Waals surface area contributed by atoms with E-state index in [0.717, 1.165) is 6.54 Å². The molecule has 1 aliphatic rings. The van der Waals surface area contributed by atoms with Crippen LogP contribution >= 0.6 is 0 Å². The minimum atomic E-state index is 0.318. The quantitative estimate of drug-likeness (QED) is 0.570. The van der Waals surface area contributed by atoms with Crippen LogP contribution in [0.25, 0.3) is 0 Å². The molecule has 0 radical (unpaired) electrons. The minimum Gasteiger partial charge on any atom is -0.327 e. The van der Waals surface area contributed by atoms with Crippen LogP contribution in [0.2, 0.25) is 0 Å². The Morgan fingerprint density at radius 3 is 2.90 bits per heavy atom. The molecule has 1 aliphatic heterocycles. The molecular formula is C8H18N2. The summed E-state index contributed by atoms with van der Waals surface area (Å²) in [5.41, 5.74) is 5.77. The second-order valence-corrected chi connectivity index (χ2v) is 3.27. The zero-order valence-corrected chi connectivity index (χ0v) is 6.77. The van der Waals surface area contributed by atoms with Crippen molar-refractivity contribution in [1.29, 1.82) is 0 Å². The molecule has 0 aromatic heterocycles. The van der Waals surface area contributed by atoms with Gasteiger partial charge in [-0.1, -0.05) is 12.8 Å². The normalized spacial score (nSPS) is 31.2. The van der Waals surface area contributed by atoms with Crippen molar-refractivity contribution in [3.8, 4) is 0 Å². The molecule has 10 heavy (non-hydrogen) atoms. The lowest BCUT2D eigenvalue weighted by atomic mass is 10.1. The van der Waals surface area contributed by atoms with E-state index in [4.69, 9.17) is 5.73 Å². The average molecular weight is 142 g/mol. The molecule has 3 N–H and O–H groups in total. The Morgan fingerprint density at radius 2 is 2.20 bits per heavy atom. The maximum atomic E-state index is 5.77. The fraction of sp³-hybridized carbons (Fsp3) is 1.00. The van der Waals surface area contributed by atoms with Gasteiger partial charge in [0.25, 0.3) is 0 Å². The largest absolute Gasteiger partial charge is 0.327 e. The zero-order valence-electron chi connectivity index (χ0n) is 6.77. The maximum Gasteiger partial charge on any atom is 0.0216 e. The molecule has 1 heterocycles. The van der Waals surface area contributed by atoms with Gasteiger partial charge in [-0.3, -0.25) is 0 Å². The third-order valence-electron chi connectivity index (χ3n) is 2.23. The van der Waals surface area contributed by atoms with Crippen LogP contribution in [-0.2, 0) is 0 Å². The highest BCUT2D eigenvalue weighted by Crippen LogP contribution is 2.09. The molecule has 0 aromatic rings. The van der Waals surface area contributed by atoms with Crippen molar-refractivity contribution in [1.82, 2.24) is 5.32 Å². The summed E-state index contributed by atoms with van der Waals surface area (Å²) < 4.78 is 0. The topological polar surface area (TPSA) is 38.0 Å². The SMILES string of the molecule is CC(N)C1CCCCCN1.